The van der Waals surface area contributed by atoms with E-state index >= 15 is 0 Å². The van der Waals surface area contributed by atoms with Gasteiger partial charge in [-0.25, -0.2) is 0 Å². The van der Waals surface area contributed by atoms with Crippen molar-refractivity contribution in [3.8, 4) is 0 Å². The maximum atomic E-state index is 4.55. The Morgan fingerprint density at radius 3 is 2.53 bits per heavy atom. The molecule has 0 unspecified atom stereocenters. The highest BCUT2D eigenvalue weighted by Gasteiger charge is 1.97. The van der Waals surface area contributed by atoms with Gasteiger partial charge in [-0.05, 0) is 54.1 Å². The van der Waals surface area contributed by atoms with Crippen molar-refractivity contribution >= 4 is 34.5 Å². The van der Waals surface area contributed by atoms with Crippen LogP contribution in [0.5, 0.6) is 0 Å². The highest BCUT2D eigenvalue weighted by Crippen LogP contribution is 2.19. The summed E-state index contributed by atoms with van der Waals surface area (Å²) in [5.41, 5.74) is 4.69. The maximum Gasteiger partial charge on any atom is 0.0659 e. The van der Waals surface area contributed by atoms with Crippen LogP contribution in [0.2, 0.25) is 0 Å². The second-order valence-corrected chi connectivity index (χ2v) is 5.23. The highest BCUT2D eigenvalue weighted by atomic mass is 127. The molecule has 0 saturated carbocycles. The van der Waals surface area contributed by atoms with E-state index < -0.39 is 0 Å². The third-order valence-electron chi connectivity index (χ3n) is 2.60. The van der Waals surface area contributed by atoms with Gasteiger partial charge in [0.05, 0.1) is 5.69 Å². The van der Waals surface area contributed by atoms with Crippen molar-refractivity contribution in [2.75, 3.05) is 0 Å². The van der Waals surface area contributed by atoms with Crippen molar-refractivity contribution < 1.29 is 0 Å². The molecule has 0 spiro atoms. The lowest BCUT2D eigenvalue weighted by atomic mass is 10.1. The van der Waals surface area contributed by atoms with Gasteiger partial charge in [-0.3, -0.25) is 4.99 Å². The number of hydrogen-bond donors (Lipinski definition) is 0. The summed E-state index contributed by atoms with van der Waals surface area (Å²) in [5.74, 6) is 0. The molecule has 0 aliphatic carbocycles. The molecule has 0 heterocycles. The lowest BCUT2D eigenvalue weighted by molar-refractivity contribution is 1.35. The van der Waals surface area contributed by atoms with E-state index in [1.165, 1.54) is 14.7 Å². The molecule has 2 aromatic carbocycles. The van der Waals surface area contributed by atoms with Gasteiger partial charge in [-0.15, -0.1) is 0 Å². The number of benzene rings is 2. The van der Waals surface area contributed by atoms with Gasteiger partial charge in [-0.2, -0.15) is 0 Å². The molecule has 0 atom stereocenters. The average molecular weight is 335 g/mol. The standard InChI is InChI=1S/C15H14IN/c1-11-7-8-15(12(2)9-11)17-10-13-5-3-4-6-14(13)16/h3-10H,1-2H3. The minimum absolute atomic E-state index is 1.04. The number of hydrogen-bond acceptors (Lipinski definition) is 1. The number of aryl methyl sites for hydroxylation is 2. The lowest BCUT2D eigenvalue weighted by Gasteiger charge is -2.01. The summed E-state index contributed by atoms with van der Waals surface area (Å²) in [5, 5.41) is 0. The summed E-state index contributed by atoms with van der Waals surface area (Å²) in [7, 11) is 0. The largest absolute Gasteiger partial charge is 0.256 e. The number of rotatable bonds is 2. The summed E-state index contributed by atoms with van der Waals surface area (Å²) in [4.78, 5) is 4.55. The normalized spacial score (nSPS) is 11.0. The van der Waals surface area contributed by atoms with E-state index in [9.17, 15) is 0 Å². The molecule has 0 N–H and O–H groups in total. The monoisotopic (exact) mass is 335 g/mol. The van der Waals surface area contributed by atoms with Gasteiger partial charge < -0.3 is 0 Å². The molecule has 86 valence electrons. The van der Waals surface area contributed by atoms with Crippen LogP contribution < -0.4 is 0 Å². The quantitative estimate of drug-likeness (QED) is 0.559. The Balaban J connectivity index is 2.29. The van der Waals surface area contributed by atoms with Gasteiger partial charge in [0, 0.05) is 15.3 Å². The van der Waals surface area contributed by atoms with Crippen LogP contribution in [0.15, 0.2) is 47.5 Å². The fraction of sp³-hybridized carbons (Fsp3) is 0.133. The Kier molecular flexibility index (Phi) is 3.94. The molecule has 0 aliphatic rings. The van der Waals surface area contributed by atoms with Gasteiger partial charge >= 0.3 is 0 Å². The molecule has 0 bridgehead atoms. The zero-order valence-electron chi connectivity index (χ0n) is 9.94. The lowest BCUT2D eigenvalue weighted by Crippen LogP contribution is -1.85. The zero-order chi connectivity index (χ0) is 12.3. The van der Waals surface area contributed by atoms with Gasteiger partial charge in [0.25, 0.3) is 0 Å². The fourth-order valence-corrected chi connectivity index (χ4v) is 2.20. The Labute approximate surface area is 116 Å². The average Bonchev–Trinajstić information content (AvgIpc) is 2.30. The van der Waals surface area contributed by atoms with Gasteiger partial charge in [0.15, 0.2) is 0 Å². The highest BCUT2D eigenvalue weighted by molar-refractivity contribution is 14.1. The van der Waals surface area contributed by atoms with Gasteiger partial charge in [0.1, 0.15) is 0 Å². The minimum Gasteiger partial charge on any atom is -0.256 e. The first-order chi connectivity index (χ1) is 8.16. The number of nitrogens with zero attached hydrogens (tertiary/aromatic N) is 1. The summed E-state index contributed by atoms with van der Waals surface area (Å²) in [6.07, 6.45) is 1.93. The van der Waals surface area contributed by atoms with E-state index in [4.69, 9.17) is 0 Å². The van der Waals surface area contributed by atoms with Gasteiger partial charge in [0.2, 0.25) is 0 Å². The van der Waals surface area contributed by atoms with Crippen molar-refractivity contribution in [1.29, 1.82) is 0 Å². The van der Waals surface area contributed by atoms with Crippen molar-refractivity contribution in [3.05, 3.63) is 62.7 Å². The van der Waals surface area contributed by atoms with E-state index in [-0.39, 0.29) is 0 Å². The Hall–Kier alpha value is -1.16. The molecule has 17 heavy (non-hydrogen) atoms. The van der Waals surface area contributed by atoms with E-state index in [1.807, 2.05) is 18.3 Å². The maximum absolute atomic E-state index is 4.55. The molecule has 0 amide bonds. The first-order valence-electron chi connectivity index (χ1n) is 5.52. The molecule has 0 aliphatic heterocycles. The molecule has 0 aromatic heterocycles. The summed E-state index contributed by atoms with van der Waals surface area (Å²) >= 11 is 2.33. The molecule has 2 aromatic rings. The first kappa shape index (κ1) is 12.3. The molecule has 0 saturated heterocycles. The zero-order valence-corrected chi connectivity index (χ0v) is 12.1. The molecular weight excluding hydrogens is 321 g/mol. The Morgan fingerprint density at radius 1 is 1.06 bits per heavy atom. The second kappa shape index (κ2) is 5.45. The predicted octanol–water partition coefficient (Wildman–Crippen LogP) is 4.66. The van der Waals surface area contributed by atoms with Crippen LogP contribution in [-0.2, 0) is 0 Å². The van der Waals surface area contributed by atoms with Crippen LogP contribution in [0.3, 0.4) is 0 Å². The molecule has 2 rings (SSSR count). The summed E-state index contributed by atoms with van der Waals surface area (Å²) in [6.45, 7) is 4.19. The first-order valence-corrected chi connectivity index (χ1v) is 6.60. The van der Waals surface area contributed by atoms with Crippen molar-refractivity contribution in [3.63, 3.8) is 0 Å². The summed E-state index contributed by atoms with van der Waals surface area (Å²) < 4.78 is 1.22. The molecule has 0 radical (unpaired) electrons. The van der Waals surface area contributed by atoms with Crippen LogP contribution in [0.25, 0.3) is 0 Å². The molecule has 2 heteroatoms. The van der Waals surface area contributed by atoms with Crippen LogP contribution in [0, 0.1) is 17.4 Å². The van der Waals surface area contributed by atoms with E-state index in [1.54, 1.807) is 0 Å². The van der Waals surface area contributed by atoms with E-state index in [0.717, 1.165) is 11.3 Å². The Bertz CT molecular complexity index is 559. The van der Waals surface area contributed by atoms with E-state index in [0.29, 0.717) is 0 Å². The second-order valence-electron chi connectivity index (χ2n) is 4.07. The van der Waals surface area contributed by atoms with Crippen LogP contribution >= 0.6 is 22.6 Å². The van der Waals surface area contributed by atoms with Crippen LogP contribution in [0.4, 0.5) is 5.69 Å². The van der Waals surface area contributed by atoms with Crippen molar-refractivity contribution in [2.45, 2.75) is 13.8 Å². The fourth-order valence-electron chi connectivity index (χ4n) is 1.67. The SMILES string of the molecule is Cc1ccc(N=Cc2ccccc2I)c(C)c1. The van der Waals surface area contributed by atoms with E-state index in [2.05, 4.69) is 71.8 Å². The number of halogens is 1. The smallest absolute Gasteiger partial charge is 0.0659 e. The minimum atomic E-state index is 1.04. The van der Waals surface area contributed by atoms with Crippen LogP contribution in [0.1, 0.15) is 16.7 Å². The molecular formula is C15H14IN. The van der Waals surface area contributed by atoms with Gasteiger partial charge in [-0.1, -0.05) is 35.9 Å². The van der Waals surface area contributed by atoms with Crippen molar-refractivity contribution in [2.24, 2.45) is 4.99 Å². The van der Waals surface area contributed by atoms with Crippen LogP contribution in [-0.4, -0.2) is 6.21 Å². The third-order valence-corrected chi connectivity index (χ3v) is 3.58. The molecule has 1 nitrogen and oxygen atoms in total. The Morgan fingerprint density at radius 2 is 1.82 bits per heavy atom. The van der Waals surface area contributed by atoms with Crippen molar-refractivity contribution in [1.82, 2.24) is 0 Å². The molecule has 0 fully saturated rings. The third kappa shape index (κ3) is 3.16. The summed E-state index contributed by atoms with van der Waals surface area (Å²) in [6, 6.07) is 14.6. The topological polar surface area (TPSA) is 12.4 Å². The predicted molar refractivity (Wildman–Crippen MR) is 82.3 cm³/mol. The number of aliphatic imine (C=N–C) groups is 1.